The number of rotatable bonds is 2. The van der Waals surface area contributed by atoms with E-state index in [1.54, 1.807) is 4.57 Å². The van der Waals surface area contributed by atoms with Gasteiger partial charge in [-0.25, -0.2) is 9.36 Å². The summed E-state index contributed by atoms with van der Waals surface area (Å²) < 4.78 is 7.42. The normalized spacial score (nSPS) is 13.2. The van der Waals surface area contributed by atoms with Crippen LogP contribution in [0.25, 0.3) is 21.8 Å². The number of hydrogen-bond donors (Lipinski definition) is 1. The van der Waals surface area contributed by atoms with Crippen LogP contribution in [0, 0.1) is 0 Å². The van der Waals surface area contributed by atoms with Crippen molar-refractivity contribution in [2.45, 2.75) is 39.2 Å². The molecule has 0 bridgehead atoms. The molecule has 0 fully saturated rings. The van der Waals surface area contributed by atoms with E-state index in [0.29, 0.717) is 0 Å². The topological polar surface area (TPSA) is 47.0 Å². The summed E-state index contributed by atoms with van der Waals surface area (Å²) in [6.07, 6.45) is 1.69. The van der Waals surface area contributed by atoms with Gasteiger partial charge >= 0.3 is 6.09 Å². The zero-order valence-corrected chi connectivity index (χ0v) is 16.1. The first-order valence-corrected chi connectivity index (χ1v) is 9.25. The smallest absolute Gasteiger partial charge is 0.419 e. The van der Waals surface area contributed by atoms with E-state index in [-0.39, 0.29) is 12.0 Å². The minimum absolute atomic E-state index is 0.0288. The summed E-state index contributed by atoms with van der Waals surface area (Å²) in [6, 6.07) is 18.2. The molecule has 2 heterocycles. The van der Waals surface area contributed by atoms with E-state index in [1.807, 2.05) is 63.4 Å². The summed E-state index contributed by atoms with van der Waals surface area (Å²) in [6.45, 7) is 7.79. The van der Waals surface area contributed by atoms with Gasteiger partial charge in [-0.1, -0.05) is 43.3 Å². The SMILES string of the molecule is CC(c1c[nH]c2ccccc12)c1cc2ccccc2n1C(=O)OC(C)(C)C. The Labute approximate surface area is 158 Å². The number of benzene rings is 2. The Morgan fingerprint density at radius 2 is 1.78 bits per heavy atom. The number of nitrogens with zero attached hydrogens (tertiary/aromatic N) is 1. The first kappa shape index (κ1) is 17.4. The number of H-pyrrole nitrogens is 1. The predicted molar refractivity (Wildman–Crippen MR) is 109 cm³/mol. The van der Waals surface area contributed by atoms with Gasteiger partial charge in [0.15, 0.2) is 0 Å². The zero-order chi connectivity index (χ0) is 19.2. The molecular formula is C23H24N2O2. The lowest BCUT2D eigenvalue weighted by Gasteiger charge is -2.22. The molecule has 0 aliphatic carbocycles. The monoisotopic (exact) mass is 360 g/mol. The Hall–Kier alpha value is -3.01. The van der Waals surface area contributed by atoms with Crippen molar-refractivity contribution in [3.05, 3.63) is 72.1 Å². The van der Waals surface area contributed by atoms with E-state index in [1.165, 1.54) is 10.9 Å². The average Bonchev–Trinajstić information content (AvgIpc) is 3.21. The van der Waals surface area contributed by atoms with Gasteiger partial charge in [0.2, 0.25) is 0 Å². The minimum Gasteiger partial charge on any atom is -0.443 e. The first-order chi connectivity index (χ1) is 12.8. The van der Waals surface area contributed by atoms with Gasteiger partial charge in [-0.3, -0.25) is 0 Å². The van der Waals surface area contributed by atoms with E-state index in [4.69, 9.17) is 4.74 Å². The number of carbonyl (C=O) groups is 1. The van der Waals surface area contributed by atoms with E-state index in [0.717, 1.165) is 22.1 Å². The van der Waals surface area contributed by atoms with Crippen molar-refractivity contribution in [2.24, 2.45) is 0 Å². The molecule has 0 amide bonds. The number of ether oxygens (including phenoxy) is 1. The first-order valence-electron chi connectivity index (χ1n) is 9.25. The minimum atomic E-state index is -0.552. The molecule has 4 aromatic rings. The molecule has 1 atom stereocenters. The van der Waals surface area contributed by atoms with E-state index in [9.17, 15) is 4.79 Å². The molecule has 4 rings (SSSR count). The van der Waals surface area contributed by atoms with Gasteiger partial charge in [0, 0.05) is 34.1 Å². The highest BCUT2D eigenvalue weighted by molar-refractivity contribution is 5.92. The average molecular weight is 360 g/mol. The number of carbonyl (C=O) groups excluding carboxylic acids is 1. The van der Waals surface area contributed by atoms with Crippen molar-refractivity contribution in [1.82, 2.24) is 9.55 Å². The number of fused-ring (bicyclic) bond motifs is 2. The molecular weight excluding hydrogens is 336 g/mol. The van der Waals surface area contributed by atoms with Crippen LogP contribution >= 0.6 is 0 Å². The van der Waals surface area contributed by atoms with Gasteiger partial charge in [-0.15, -0.1) is 0 Å². The molecule has 2 aromatic heterocycles. The third-order valence-electron chi connectivity index (χ3n) is 4.85. The molecule has 1 unspecified atom stereocenters. The van der Waals surface area contributed by atoms with Crippen molar-refractivity contribution >= 4 is 27.9 Å². The molecule has 2 aromatic carbocycles. The number of aromatic nitrogens is 2. The van der Waals surface area contributed by atoms with Crippen molar-refractivity contribution in [2.75, 3.05) is 0 Å². The fraction of sp³-hybridized carbons (Fsp3) is 0.261. The van der Waals surface area contributed by atoms with Gasteiger partial charge in [0.05, 0.1) is 5.52 Å². The fourth-order valence-corrected chi connectivity index (χ4v) is 3.62. The van der Waals surface area contributed by atoms with Crippen LogP contribution in [0.15, 0.2) is 60.8 Å². The largest absolute Gasteiger partial charge is 0.443 e. The van der Waals surface area contributed by atoms with E-state index < -0.39 is 5.60 Å². The summed E-state index contributed by atoms with van der Waals surface area (Å²) in [4.78, 5) is 16.4. The second-order valence-electron chi connectivity index (χ2n) is 7.96. The highest BCUT2D eigenvalue weighted by atomic mass is 16.6. The van der Waals surface area contributed by atoms with Crippen LogP contribution in [-0.4, -0.2) is 21.2 Å². The maximum atomic E-state index is 13.0. The Morgan fingerprint density at radius 3 is 2.56 bits per heavy atom. The van der Waals surface area contributed by atoms with Crippen LogP contribution in [0.1, 0.15) is 44.9 Å². The van der Waals surface area contributed by atoms with Gasteiger partial charge < -0.3 is 9.72 Å². The van der Waals surface area contributed by atoms with Crippen LogP contribution in [0.2, 0.25) is 0 Å². The lowest BCUT2D eigenvalue weighted by atomic mass is 9.97. The molecule has 27 heavy (non-hydrogen) atoms. The third kappa shape index (κ3) is 3.12. The lowest BCUT2D eigenvalue weighted by Crippen LogP contribution is -2.28. The van der Waals surface area contributed by atoms with Crippen molar-refractivity contribution in [3.8, 4) is 0 Å². The van der Waals surface area contributed by atoms with Crippen molar-refractivity contribution in [1.29, 1.82) is 0 Å². The second-order valence-corrected chi connectivity index (χ2v) is 7.96. The van der Waals surface area contributed by atoms with Crippen molar-refractivity contribution in [3.63, 3.8) is 0 Å². The lowest BCUT2D eigenvalue weighted by molar-refractivity contribution is 0.0539. The van der Waals surface area contributed by atoms with Gasteiger partial charge in [-0.2, -0.15) is 0 Å². The third-order valence-corrected chi connectivity index (χ3v) is 4.85. The molecule has 0 saturated heterocycles. The van der Waals surface area contributed by atoms with Gasteiger partial charge in [0.1, 0.15) is 5.60 Å². The molecule has 1 N–H and O–H groups in total. The maximum absolute atomic E-state index is 13.0. The second kappa shape index (κ2) is 6.31. The summed E-state index contributed by atoms with van der Waals surface area (Å²) in [5.74, 6) is 0.0288. The highest BCUT2D eigenvalue weighted by Gasteiger charge is 2.25. The van der Waals surface area contributed by atoms with Crippen LogP contribution in [0.4, 0.5) is 4.79 Å². The Bertz CT molecular complexity index is 1130. The number of para-hydroxylation sites is 2. The zero-order valence-electron chi connectivity index (χ0n) is 16.1. The molecule has 0 saturated carbocycles. The molecule has 0 radical (unpaired) electrons. The summed E-state index contributed by atoms with van der Waals surface area (Å²) in [7, 11) is 0. The quantitative estimate of drug-likeness (QED) is 0.472. The molecule has 4 nitrogen and oxygen atoms in total. The molecule has 0 aliphatic heterocycles. The molecule has 138 valence electrons. The summed E-state index contributed by atoms with van der Waals surface area (Å²) in [5, 5.41) is 2.20. The summed E-state index contributed by atoms with van der Waals surface area (Å²) in [5.41, 5.74) is 3.50. The van der Waals surface area contributed by atoms with Crippen LogP contribution in [-0.2, 0) is 4.74 Å². The van der Waals surface area contributed by atoms with Crippen LogP contribution in [0.3, 0.4) is 0 Å². The van der Waals surface area contributed by atoms with Crippen molar-refractivity contribution < 1.29 is 9.53 Å². The van der Waals surface area contributed by atoms with Crippen LogP contribution < -0.4 is 0 Å². The van der Waals surface area contributed by atoms with Gasteiger partial charge in [0.25, 0.3) is 0 Å². The fourth-order valence-electron chi connectivity index (χ4n) is 3.62. The Balaban J connectivity index is 1.88. The number of nitrogens with one attached hydrogen (secondary N) is 1. The van der Waals surface area contributed by atoms with E-state index >= 15 is 0 Å². The standard InChI is InChI=1S/C23H24N2O2/c1-15(18-14-24-19-11-7-6-10-17(18)19)21-13-16-9-5-8-12-20(16)25(21)22(26)27-23(2,3)4/h5-15,24H,1-4H3. The molecule has 0 spiro atoms. The molecule has 4 heteroatoms. The Morgan fingerprint density at radius 1 is 1.07 bits per heavy atom. The van der Waals surface area contributed by atoms with E-state index in [2.05, 4.69) is 30.1 Å². The van der Waals surface area contributed by atoms with Gasteiger partial charge in [-0.05, 0) is 44.5 Å². The number of aromatic amines is 1. The molecule has 0 aliphatic rings. The van der Waals surface area contributed by atoms with Crippen LogP contribution in [0.5, 0.6) is 0 Å². The Kier molecular flexibility index (Phi) is 4.06. The summed E-state index contributed by atoms with van der Waals surface area (Å²) >= 11 is 0. The number of hydrogen-bond acceptors (Lipinski definition) is 2. The maximum Gasteiger partial charge on any atom is 0.419 e. The highest BCUT2D eigenvalue weighted by Crippen LogP contribution is 2.34. The predicted octanol–water partition coefficient (Wildman–Crippen LogP) is 6.06.